The van der Waals surface area contributed by atoms with Crippen LogP contribution in [0.5, 0.6) is 11.5 Å². The molecule has 0 aliphatic rings. The van der Waals surface area contributed by atoms with Crippen LogP contribution in [-0.2, 0) is 0 Å². The number of methoxy groups -OCH3 is 2. The number of benzene rings is 1. The number of carbonyl (C=O) groups excluding carboxylic acids is 1. The lowest BCUT2D eigenvalue weighted by Gasteiger charge is -2.10. The van der Waals surface area contributed by atoms with E-state index in [1.807, 2.05) is 11.4 Å². The first-order chi connectivity index (χ1) is 8.67. The molecule has 0 spiro atoms. The van der Waals surface area contributed by atoms with Gasteiger partial charge in [-0.3, -0.25) is 4.79 Å². The maximum atomic E-state index is 12.2. The van der Waals surface area contributed by atoms with Gasteiger partial charge in [0.2, 0.25) is 5.78 Å². The van der Waals surface area contributed by atoms with Crippen molar-refractivity contribution in [2.75, 3.05) is 14.2 Å². The Balaban J connectivity index is 2.47. The minimum Gasteiger partial charge on any atom is -0.493 e. The van der Waals surface area contributed by atoms with Gasteiger partial charge in [-0.05, 0) is 23.6 Å². The largest absolute Gasteiger partial charge is 0.493 e. The molecule has 0 atom stereocenters. The van der Waals surface area contributed by atoms with E-state index in [4.69, 9.17) is 21.1 Å². The van der Waals surface area contributed by atoms with Gasteiger partial charge in [0.25, 0.3) is 0 Å². The van der Waals surface area contributed by atoms with Crippen molar-refractivity contribution < 1.29 is 14.3 Å². The molecule has 0 amide bonds. The SMILES string of the molecule is COc1cc(C(=O)c2cccs2)cc(Cl)c1OC. The lowest BCUT2D eigenvalue weighted by molar-refractivity contribution is 0.104. The van der Waals surface area contributed by atoms with Crippen LogP contribution in [0.15, 0.2) is 29.6 Å². The van der Waals surface area contributed by atoms with E-state index in [0.29, 0.717) is 27.0 Å². The molecule has 1 aromatic heterocycles. The van der Waals surface area contributed by atoms with Crippen LogP contribution in [0.4, 0.5) is 0 Å². The van der Waals surface area contributed by atoms with E-state index in [0.717, 1.165) is 0 Å². The molecule has 0 bridgehead atoms. The molecule has 5 heteroatoms. The first-order valence-corrected chi connectivity index (χ1v) is 6.43. The van der Waals surface area contributed by atoms with E-state index in [2.05, 4.69) is 0 Å². The van der Waals surface area contributed by atoms with Gasteiger partial charge in [0.05, 0.1) is 24.1 Å². The van der Waals surface area contributed by atoms with Crippen LogP contribution in [0.1, 0.15) is 15.2 Å². The van der Waals surface area contributed by atoms with Gasteiger partial charge in [-0.1, -0.05) is 17.7 Å². The van der Waals surface area contributed by atoms with Crippen LogP contribution < -0.4 is 9.47 Å². The smallest absolute Gasteiger partial charge is 0.203 e. The first kappa shape index (κ1) is 12.9. The number of thiophene rings is 1. The second kappa shape index (κ2) is 5.42. The van der Waals surface area contributed by atoms with E-state index in [-0.39, 0.29) is 5.78 Å². The number of rotatable bonds is 4. The summed E-state index contributed by atoms with van der Waals surface area (Å²) in [5.41, 5.74) is 0.486. The molecule has 94 valence electrons. The molecule has 0 unspecified atom stereocenters. The predicted octanol–water partition coefficient (Wildman–Crippen LogP) is 3.65. The highest BCUT2D eigenvalue weighted by Crippen LogP contribution is 2.36. The zero-order valence-corrected chi connectivity index (χ0v) is 11.5. The van der Waals surface area contributed by atoms with Crippen molar-refractivity contribution in [2.45, 2.75) is 0 Å². The van der Waals surface area contributed by atoms with Crippen molar-refractivity contribution in [3.05, 3.63) is 45.1 Å². The molecule has 0 saturated carbocycles. The summed E-state index contributed by atoms with van der Waals surface area (Å²) < 4.78 is 10.3. The number of ketones is 1. The fraction of sp³-hybridized carbons (Fsp3) is 0.154. The molecule has 0 aliphatic carbocycles. The van der Waals surface area contributed by atoms with Crippen LogP contribution in [0, 0.1) is 0 Å². The zero-order chi connectivity index (χ0) is 13.1. The Bertz CT molecular complexity index is 564. The molecule has 1 heterocycles. The lowest BCUT2D eigenvalue weighted by Crippen LogP contribution is -2.01. The molecule has 2 aromatic rings. The molecule has 1 aromatic carbocycles. The third-order valence-electron chi connectivity index (χ3n) is 2.44. The molecule has 3 nitrogen and oxygen atoms in total. The van der Waals surface area contributed by atoms with Crippen LogP contribution in [0.25, 0.3) is 0 Å². The van der Waals surface area contributed by atoms with Crippen molar-refractivity contribution >= 4 is 28.7 Å². The maximum Gasteiger partial charge on any atom is 0.203 e. The van der Waals surface area contributed by atoms with Gasteiger partial charge in [-0.25, -0.2) is 0 Å². The fourth-order valence-electron chi connectivity index (χ4n) is 1.60. The second-order valence-electron chi connectivity index (χ2n) is 3.50. The van der Waals surface area contributed by atoms with E-state index in [1.165, 1.54) is 25.6 Å². The lowest BCUT2D eigenvalue weighted by atomic mass is 10.1. The van der Waals surface area contributed by atoms with Crippen molar-refractivity contribution in [3.63, 3.8) is 0 Å². The van der Waals surface area contributed by atoms with E-state index >= 15 is 0 Å². The van der Waals surface area contributed by atoms with E-state index in [1.54, 1.807) is 18.2 Å². The Labute approximate surface area is 114 Å². The number of carbonyl (C=O) groups is 1. The molecular weight excluding hydrogens is 272 g/mol. The average molecular weight is 283 g/mol. The molecule has 0 N–H and O–H groups in total. The summed E-state index contributed by atoms with van der Waals surface area (Å²) in [5.74, 6) is 0.805. The quantitative estimate of drug-likeness (QED) is 0.803. The highest BCUT2D eigenvalue weighted by molar-refractivity contribution is 7.12. The summed E-state index contributed by atoms with van der Waals surface area (Å²) in [5, 5.41) is 2.21. The third kappa shape index (κ3) is 2.35. The summed E-state index contributed by atoms with van der Waals surface area (Å²) in [6.45, 7) is 0. The number of ether oxygens (including phenoxy) is 2. The predicted molar refractivity (Wildman–Crippen MR) is 72.3 cm³/mol. The summed E-state index contributed by atoms with van der Waals surface area (Å²) in [7, 11) is 3.01. The Morgan fingerprint density at radius 1 is 1.28 bits per heavy atom. The second-order valence-corrected chi connectivity index (χ2v) is 4.85. The average Bonchev–Trinajstić information content (AvgIpc) is 2.90. The topological polar surface area (TPSA) is 35.5 Å². The van der Waals surface area contributed by atoms with Gasteiger partial charge in [-0.2, -0.15) is 0 Å². The van der Waals surface area contributed by atoms with Crippen LogP contribution in [0.2, 0.25) is 5.02 Å². The summed E-state index contributed by atoms with van der Waals surface area (Å²) in [4.78, 5) is 12.8. The molecule has 0 fully saturated rings. The Hall–Kier alpha value is -1.52. The van der Waals surface area contributed by atoms with Crippen molar-refractivity contribution in [1.82, 2.24) is 0 Å². The fourth-order valence-corrected chi connectivity index (χ4v) is 2.57. The minimum absolute atomic E-state index is 0.0761. The number of hydrogen-bond acceptors (Lipinski definition) is 4. The van der Waals surface area contributed by atoms with E-state index in [9.17, 15) is 4.79 Å². The monoisotopic (exact) mass is 282 g/mol. The van der Waals surface area contributed by atoms with Crippen molar-refractivity contribution in [3.8, 4) is 11.5 Å². The normalized spacial score (nSPS) is 10.2. The number of halogens is 1. The van der Waals surface area contributed by atoms with Crippen molar-refractivity contribution in [1.29, 1.82) is 0 Å². The molecule has 0 radical (unpaired) electrons. The Morgan fingerprint density at radius 2 is 2.06 bits per heavy atom. The molecule has 0 saturated heterocycles. The summed E-state index contributed by atoms with van der Waals surface area (Å²) >= 11 is 7.46. The Kier molecular flexibility index (Phi) is 3.89. The highest BCUT2D eigenvalue weighted by atomic mass is 35.5. The third-order valence-corrected chi connectivity index (χ3v) is 3.59. The minimum atomic E-state index is -0.0761. The molecule has 2 rings (SSSR count). The standard InChI is InChI=1S/C13H11ClO3S/c1-16-10-7-8(6-9(14)13(10)17-2)12(15)11-4-3-5-18-11/h3-7H,1-2H3. The van der Waals surface area contributed by atoms with Gasteiger partial charge >= 0.3 is 0 Å². The summed E-state index contributed by atoms with van der Waals surface area (Å²) in [6, 6.07) is 6.83. The highest BCUT2D eigenvalue weighted by Gasteiger charge is 2.16. The zero-order valence-electron chi connectivity index (χ0n) is 9.90. The van der Waals surface area contributed by atoms with Gasteiger partial charge in [0, 0.05) is 5.56 Å². The van der Waals surface area contributed by atoms with Crippen LogP contribution in [-0.4, -0.2) is 20.0 Å². The first-order valence-electron chi connectivity index (χ1n) is 5.17. The van der Waals surface area contributed by atoms with Gasteiger partial charge in [0.15, 0.2) is 11.5 Å². The van der Waals surface area contributed by atoms with Gasteiger partial charge in [-0.15, -0.1) is 11.3 Å². The molecule has 18 heavy (non-hydrogen) atoms. The van der Waals surface area contributed by atoms with Crippen molar-refractivity contribution in [2.24, 2.45) is 0 Å². The molecule has 0 aliphatic heterocycles. The van der Waals surface area contributed by atoms with Gasteiger partial charge < -0.3 is 9.47 Å². The number of hydrogen-bond donors (Lipinski definition) is 0. The van der Waals surface area contributed by atoms with Crippen LogP contribution >= 0.6 is 22.9 Å². The summed E-state index contributed by atoms with van der Waals surface area (Å²) in [6.07, 6.45) is 0. The maximum absolute atomic E-state index is 12.2. The molecular formula is C13H11ClO3S. The Morgan fingerprint density at radius 3 is 2.61 bits per heavy atom. The van der Waals surface area contributed by atoms with Gasteiger partial charge in [0.1, 0.15) is 0 Å². The van der Waals surface area contributed by atoms with Crippen LogP contribution in [0.3, 0.4) is 0 Å². The van der Waals surface area contributed by atoms with E-state index < -0.39 is 0 Å².